The zero-order valence-electron chi connectivity index (χ0n) is 10.0. The minimum absolute atomic E-state index is 0.0610. The van der Waals surface area contributed by atoms with Crippen LogP contribution in [0.15, 0.2) is 24.3 Å². The van der Waals surface area contributed by atoms with Crippen LogP contribution >= 0.6 is 11.6 Å². The SMILES string of the molecule is Fc1ccccc1CC(Cl)C1CCC(F)(F)CC1. The molecule has 0 N–H and O–H groups in total. The number of rotatable bonds is 3. The predicted molar refractivity (Wildman–Crippen MR) is 66.7 cm³/mol. The molecule has 1 fully saturated rings. The van der Waals surface area contributed by atoms with E-state index in [9.17, 15) is 13.2 Å². The molecular formula is C14H16ClF3. The molecule has 1 aliphatic carbocycles. The predicted octanol–water partition coefficient (Wildman–Crippen LogP) is 4.80. The first-order valence-electron chi connectivity index (χ1n) is 6.23. The van der Waals surface area contributed by atoms with E-state index in [1.165, 1.54) is 6.07 Å². The summed E-state index contributed by atoms with van der Waals surface area (Å²) in [6, 6.07) is 6.48. The Bertz CT molecular complexity index is 396. The third-order valence-corrected chi connectivity index (χ3v) is 4.16. The van der Waals surface area contributed by atoms with E-state index >= 15 is 0 Å². The van der Waals surface area contributed by atoms with E-state index in [-0.39, 0.29) is 30.0 Å². The van der Waals surface area contributed by atoms with Gasteiger partial charge in [-0.1, -0.05) is 18.2 Å². The van der Waals surface area contributed by atoms with Gasteiger partial charge in [-0.25, -0.2) is 13.2 Å². The van der Waals surface area contributed by atoms with Crippen molar-refractivity contribution in [3.8, 4) is 0 Å². The Labute approximate surface area is 110 Å². The maximum atomic E-state index is 13.5. The van der Waals surface area contributed by atoms with Crippen LogP contribution in [0.4, 0.5) is 13.2 Å². The molecule has 0 bridgehead atoms. The van der Waals surface area contributed by atoms with Crippen LogP contribution in [0.3, 0.4) is 0 Å². The van der Waals surface area contributed by atoms with Gasteiger partial charge in [0, 0.05) is 18.2 Å². The van der Waals surface area contributed by atoms with Crippen molar-refractivity contribution in [2.45, 2.75) is 43.4 Å². The second-order valence-corrected chi connectivity index (χ2v) is 5.57. The molecule has 2 rings (SSSR count). The Morgan fingerprint density at radius 1 is 1.22 bits per heavy atom. The summed E-state index contributed by atoms with van der Waals surface area (Å²) in [4.78, 5) is 0. The zero-order valence-corrected chi connectivity index (χ0v) is 10.8. The highest BCUT2D eigenvalue weighted by atomic mass is 35.5. The summed E-state index contributed by atoms with van der Waals surface area (Å²) in [7, 11) is 0. The molecule has 1 aromatic rings. The number of hydrogen-bond acceptors (Lipinski definition) is 0. The Morgan fingerprint density at radius 2 is 1.83 bits per heavy atom. The normalized spacial score (nSPS) is 21.8. The van der Waals surface area contributed by atoms with Crippen LogP contribution in [0.5, 0.6) is 0 Å². The van der Waals surface area contributed by atoms with Crippen molar-refractivity contribution >= 4 is 11.6 Å². The van der Waals surface area contributed by atoms with Gasteiger partial charge in [0.25, 0.3) is 0 Å². The molecule has 1 aromatic carbocycles. The van der Waals surface area contributed by atoms with Crippen LogP contribution in [0.2, 0.25) is 0 Å². The summed E-state index contributed by atoms with van der Waals surface area (Å²) < 4.78 is 39.5. The topological polar surface area (TPSA) is 0 Å². The lowest BCUT2D eigenvalue weighted by molar-refractivity contribution is -0.0460. The van der Waals surface area contributed by atoms with Crippen LogP contribution < -0.4 is 0 Å². The maximum absolute atomic E-state index is 13.5. The summed E-state index contributed by atoms with van der Waals surface area (Å²) in [5.74, 6) is -2.75. The van der Waals surface area contributed by atoms with Crippen molar-refractivity contribution in [1.29, 1.82) is 0 Å². The number of benzene rings is 1. The summed E-state index contributed by atoms with van der Waals surface area (Å²) in [6.45, 7) is 0. The van der Waals surface area contributed by atoms with E-state index in [0.29, 0.717) is 24.8 Å². The summed E-state index contributed by atoms with van der Waals surface area (Å²) in [5, 5.41) is -0.266. The molecule has 0 heterocycles. The van der Waals surface area contributed by atoms with Gasteiger partial charge in [-0.2, -0.15) is 0 Å². The standard InChI is InChI=1S/C14H16ClF3/c15-12(9-11-3-1-2-4-13(11)16)10-5-7-14(17,18)8-6-10/h1-4,10,12H,5-9H2. The van der Waals surface area contributed by atoms with Gasteiger partial charge in [-0.05, 0) is 36.8 Å². The smallest absolute Gasteiger partial charge is 0.207 e. The Kier molecular flexibility index (Phi) is 4.21. The zero-order chi connectivity index (χ0) is 13.2. The fraction of sp³-hybridized carbons (Fsp3) is 0.571. The van der Waals surface area contributed by atoms with Crippen LogP contribution in [0.25, 0.3) is 0 Å². The lowest BCUT2D eigenvalue weighted by Gasteiger charge is -2.31. The van der Waals surface area contributed by atoms with Gasteiger partial charge in [0.05, 0.1) is 0 Å². The molecule has 0 aromatic heterocycles. The van der Waals surface area contributed by atoms with Gasteiger partial charge in [0.1, 0.15) is 5.82 Å². The van der Waals surface area contributed by atoms with Crippen LogP contribution in [0.1, 0.15) is 31.2 Å². The highest BCUT2D eigenvalue weighted by molar-refractivity contribution is 6.20. The molecule has 0 radical (unpaired) electrons. The van der Waals surface area contributed by atoms with E-state index < -0.39 is 5.92 Å². The van der Waals surface area contributed by atoms with Gasteiger partial charge in [-0.3, -0.25) is 0 Å². The minimum Gasteiger partial charge on any atom is -0.207 e. The highest BCUT2D eigenvalue weighted by Crippen LogP contribution is 2.39. The van der Waals surface area contributed by atoms with Crippen molar-refractivity contribution in [2.75, 3.05) is 0 Å². The van der Waals surface area contributed by atoms with E-state index in [2.05, 4.69) is 0 Å². The molecule has 0 spiro atoms. The van der Waals surface area contributed by atoms with Gasteiger partial charge in [-0.15, -0.1) is 11.6 Å². The lowest BCUT2D eigenvalue weighted by atomic mass is 9.83. The van der Waals surface area contributed by atoms with Crippen LogP contribution in [0, 0.1) is 11.7 Å². The molecular weight excluding hydrogens is 261 g/mol. The Hall–Kier alpha value is -0.700. The largest absolute Gasteiger partial charge is 0.248 e. The van der Waals surface area contributed by atoms with Crippen molar-refractivity contribution in [2.24, 2.45) is 5.92 Å². The first-order chi connectivity index (χ1) is 8.48. The van der Waals surface area contributed by atoms with Crippen LogP contribution in [-0.2, 0) is 6.42 Å². The third kappa shape index (κ3) is 3.41. The average Bonchev–Trinajstić information content (AvgIpc) is 2.32. The monoisotopic (exact) mass is 276 g/mol. The number of halogens is 4. The fourth-order valence-corrected chi connectivity index (χ4v) is 2.88. The molecule has 1 saturated carbocycles. The first-order valence-corrected chi connectivity index (χ1v) is 6.67. The second kappa shape index (κ2) is 5.52. The van der Waals surface area contributed by atoms with Crippen molar-refractivity contribution in [1.82, 2.24) is 0 Å². The summed E-state index contributed by atoms with van der Waals surface area (Å²) in [5.41, 5.74) is 0.565. The number of alkyl halides is 3. The van der Waals surface area contributed by atoms with Gasteiger partial charge < -0.3 is 0 Å². The fourth-order valence-electron chi connectivity index (χ4n) is 2.46. The van der Waals surface area contributed by atoms with E-state index in [4.69, 9.17) is 11.6 Å². The molecule has 0 nitrogen and oxygen atoms in total. The Morgan fingerprint density at radius 3 is 2.44 bits per heavy atom. The molecule has 0 amide bonds. The van der Waals surface area contributed by atoms with Crippen molar-refractivity contribution in [3.63, 3.8) is 0 Å². The molecule has 1 aliphatic rings. The van der Waals surface area contributed by atoms with Gasteiger partial charge in [0.2, 0.25) is 5.92 Å². The van der Waals surface area contributed by atoms with E-state index in [0.717, 1.165) is 0 Å². The maximum Gasteiger partial charge on any atom is 0.248 e. The molecule has 1 unspecified atom stereocenters. The van der Waals surface area contributed by atoms with Crippen molar-refractivity contribution < 1.29 is 13.2 Å². The molecule has 100 valence electrons. The average molecular weight is 277 g/mol. The van der Waals surface area contributed by atoms with Crippen molar-refractivity contribution in [3.05, 3.63) is 35.6 Å². The lowest BCUT2D eigenvalue weighted by Crippen LogP contribution is -2.29. The van der Waals surface area contributed by atoms with Crippen LogP contribution in [-0.4, -0.2) is 11.3 Å². The number of hydrogen-bond donors (Lipinski definition) is 0. The quantitative estimate of drug-likeness (QED) is 0.696. The first kappa shape index (κ1) is 13.7. The molecule has 4 heteroatoms. The minimum atomic E-state index is -2.54. The molecule has 18 heavy (non-hydrogen) atoms. The molecule has 1 atom stereocenters. The van der Waals surface area contributed by atoms with Gasteiger partial charge in [0.15, 0.2) is 0 Å². The summed E-state index contributed by atoms with van der Waals surface area (Å²) in [6.07, 6.45) is 1.06. The Balaban J connectivity index is 1.93. The van der Waals surface area contributed by atoms with E-state index in [1.807, 2.05) is 0 Å². The molecule has 0 aliphatic heterocycles. The molecule has 0 saturated heterocycles. The third-order valence-electron chi connectivity index (χ3n) is 3.65. The van der Waals surface area contributed by atoms with E-state index in [1.54, 1.807) is 18.2 Å². The second-order valence-electron chi connectivity index (χ2n) is 5.00. The summed E-state index contributed by atoms with van der Waals surface area (Å²) >= 11 is 6.25. The highest BCUT2D eigenvalue weighted by Gasteiger charge is 2.37. The van der Waals surface area contributed by atoms with Gasteiger partial charge >= 0.3 is 0 Å².